The van der Waals surface area contributed by atoms with E-state index in [0.29, 0.717) is 23.5 Å². The van der Waals surface area contributed by atoms with Crippen LogP contribution in [-0.4, -0.2) is 36.4 Å². The first-order valence-electron chi connectivity index (χ1n) is 5.69. The average Bonchev–Trinajstić information content (AvgIpc) is 2.45. The van der Waals surface area contributed by atoms with Crippen molar-refractivity contribution in [2.24, 2.45) is 0 Å². The number of carbonyl (C=O) groups is 2. The second-order valence-electron chi connectivity index (χ2n) is 3.84. The molecule has 7 heteroatoms. The number of rotatable bonds is 8. The molecule has 20 heavy (non-hydrogen) atoms. The number of thioether (sulfide) groups is 1. The maximum atomic E-state index is 10.8. The summed E-state index contributed by atoms with van der Waals surface area (Å²) in [6.07, 6.45) is 0.376. The Labute approximate surface area is 120 Å². The third-order valence-corrected chi connectivity index (χ3v) is 3.61. The molecular formula is C13H14N2O4S. The molecule has 0 bridgehead atoms. The number of nitrogens with one attached hydrogen (secondary N) is 1. The summed E-state index contributed by atoms with van der Waals surface area (Å²) in [5.74, 6) is 0.231. The largest absolute Gasteiger partial charge is 0.495 e. The van der Waals surface area contributed by atoms with Gasteiger partial charge in [0.15, 0.2) is 0 Å². The molecule has 0 fully saturated rings. The lowest BCUT2D eigenvalue weighted by Crippen LogP contribution is -2.37. The molecule has 0 aliphatic heterocycles. The van der Waals surface area contributed by atoms with Gasteiger partial charge in [-0.25, -0.2) is 4.79 Å². The number of carboxylic acids is 1. The van der Waals surface area contributed by atoms with Crippen LogP contribution in [0.4, 0.5) is 0 Å². The van der Waals surface area contributed by atoms with Gasteiger partial charge in [-0.2, -0.15) is 17.0 Å². The number of nitriles is 1. The first-order chi connectivity index (χ1) is 9.62. The summed E-state index contributed by atoms with van der Waals surface area (Å²) < 4.78 is 5.04. The molecule has 0 aromatic heterocycles. The molecule has 0 heterocycles. The zero-order valence-electron chi connectivity index (χ0n) is 10.8. The summed E-state index contributed by atoms with van der Waals surface area (Å²) in [6.45, 7) is 0. The minimum Gasteiger partial charge on any atom is -0.495 e. The Kier molecular flexibility index (Phi) is 6.40. The second-order valence-corrected chi connectivity index (χ2v) is 4.87. The summed E-state index contributed by atoms with van der Waals surface area (Å²) in [5.41, 5.74) is 1.33. The molecule has 1 rings (SSSR count). The summed E-state index contributed by atoms with van der Waals surface area (Å²) in [7, 11) is 1.49. The predicted molar refractivity (Wildman–Crippen MR) is 74.5 cm³/mol. The molecule has 1 atom stereocenters. The molecule has 1 aromatic rings. The molecule has 0 radical (unpaired) electrons. The van der Waals surface area contributed by atoms with Gasteiger partial charge in [0.1, 0.15) is 17.9 Å². The quantitative estimate of drug-likeness (QED) is 0.694. The van der Waals surface area contributed by atoms with E-state index in [1.165, 1.54) is 18.9 Å². The van der Waals surface area contributed by atoms with Crippen molar-refractivity contribution in [1.29, 1.82) is 5.26 Å². The number of hydrogen-bond acceptors (Lipinski definition) is 5. The van der Waals surface area contributed by atoms with Gasteiger partial charge >= 0.3 is 5.97 Å². The summed E-state index contributed by atoms with van der Waals surface area (Å²) >= 11 is 1.36. The topological polar surface area (TPSA) is 99.4 Å². The number of methoxy groups -OCH3 is 1. The minimum atomic E-state index is -1.07. The van der Waals surface area contributed by atoms with Crippen molar-refractivity contribution >= 4 is 24.1 Å². The Hall–Kier alpha value is -2.20. The SMILES string of the molecule is COc1ccc(CSCC(NC=O)C(=O)O)cc1C#N. The lowest BCUT2D eigenvalue weighted by Gasteiger charge is -2.11. The van der Waals surface area contributed by atoms with E-state index in [1.807, 2.05) is 12.1 Å². The van der Waals surface area contributed by atoms with E-state index >= 15 is 0 Å². The first kappa shape index (κ1) is 15.9. The van der Waals surface area contributed by atoms with Crippen LogP contribution in [0.25, 0.3) is 0 Å². The van der Waals surface area contributed by atoms with Gasteiger partial charge in [-0.05, 0) is 17.7 Å². The number of nitrogens with zero attached hydrogens (tertiary/aromatic N) is 1. The van der Waals surface area contributed by atoms with E-state index in [1.54, 1.807) is 12.1 Å². The van der Waals surface area contributed by atoms with Gasteiger partial charge in [-0.1, -0.05) is 6.07 Å². The fourth-order valence-electron chi connectivity index (χ4n) is 1.50. The normalized spacial score (nSPS) is 11.2. The van der Waals surface area contributed by atoms with Crippen LogP contribution in [0.5, 0.6) is 5.75 Å². The van der Waals surface area contributed by atoms with Crippen LogP contribution >= 0.6 is 11.8 Å². The van der Waals surface area contributed by atoms with Crippen LogP contribution in [0.15, 0.2) is 18.2 Å². The standard InChI is InChI=1S/C13H14N2O4S/c1-19-12-3-2-9(4-10(12)5-14)6-20-7-11(13(17)18)15-8-16/h2-4,8,11H,6-7H2,1H3,(H,15,16)(H,17,18). The third kappa shape index (κ3) is 4.48. The highest BCUT2D eigenvalue weighted by Gasteiger charge is 2.15. The van der Waals surface area contributed by atoms with Gasteiger partial charge in [0.05, 0.1) is 12.7 Å². The van der Waals surface area contributed by atoms with Gasteiger partial charge < -0.3 is 15.2 Å². The molecule has 6 nitrogen and oxygen atoms in total. The highest BCUT2D eigenvalue weighted by molar-refractivity contribution is 7.98. The zero-order valence-corrected chi connectivity index (χ0v) is 11.6. The maximum Gasteiger partial charge on any atom is 0.327 e. The van der Waals surface area contributed by atoms with Gasteiger partial charge in [0.2, 0.25) is 6.41 Å². The Morgan fingerprint density at radius 2 is 2.40 bits per heavy atom. The van der Waals surface area contributed by atoms with Gasteiger partial charge in [0, 0.05) is 11.5 Å². The highest BCUT2D eigenvalue weighted by Crippen LogP contribution is 2.21. The van der Waals surface area contributed by atoms with Gasteiger partial charge in [-0.15, -0.1) is 0 Å². The van der Waals surface area contributed by atoms with Crippen molar-refractivity contribution in [2.75, 3.05) is 12.9 Å². The Morgan fingerprint density at radius 3 is 2.95 bits per heavy atom. The van der Waals surface area contributed by atoms with Crippen LogP contribution < -0.4 is 10.1 Å². The lowest BCUT2D eigenvalue weighted by molar-refractivity contribution is -0.139. The third-order valence-electron chi connectivity index (χ3n) is 2.50. The molecule has 0 spiro atoms. The minimum absolute atomic E-state index is 0.252. The summed E-state index contributed by atoms with van der Waals surface area (Å²) in [5, 5.41) is 20.1. The van der Waals surface area contributed by atoms with Crippen LogP contribution in [-0.2, 0) is 15.3 Å². The van der Waals surface area contributed by atoms with Crippen molar-refractivity contribution in [1.82, 2.24) is 5.32 Å². The Morgan fingerprint density at radius 1 is 1.65 bits per heavy atom. The van der Waals surface area contributed by atoms with Crippen molar-refractivity contribution in [2.45, 2.75) is 11.8 Å². The number of benzene rings is 1. The van der Waals surface area contributed by atoms with Crippen LogP contribution in [0.1, 0.15) is 11.1 Å². The zero-order chi connectivity index (χ0) is 15.0. The molecule has 0 saturated carbocycles. The van der Waals surface area contributed by atoms with Crippen LogP contribution in [0.3, 0.4) is 0 Å². The van der Waals surface area contributed by atoms with Crippen LogP contribution in [0, 0.1) is 11.3 Å². The number of hydrogen-bond donors (Lipinski definition) is 2. The average molecular weight is 294 g/mol. The first-order valence-corrected chi connectivity index (χ1v) is 6.85. The maximum absolute atomic E-state index is 10.8. The molecule has 1 aromatic carbocycles. The summed E-state index contributed by atoms with van der Waals surface area (Å²) in [6, 6.07) is 6.35. The van der Waals surface area contributed by atoms with Crippen molar-refractivity contribution < 1.29 is 19.4 Å². The number of aliphatic carboxylic acids is 1. The number of carboxylic acid groups (broad SMARTS) is 1. The number of ether oxygens (including phenoxy) is 1. The predicted octanol–water partition coefficient (Wildman–Crippen LogP) is 0.999. The molecule has 0 saturated heterocycles. The molecule has 1 unspecified atom stereocenters. The molecule has 2 N–H and O–H groups in total. The van der Waals surface area contributed by atoms with Crippen LogP contribution in [0.2, 0.25) is 0 Å². The fourth-order valence-corrected chi connectivity index (χ4v) is 2.51. The smallest absolute Gasteiger partial charge is 0.327 e. The molecular weight excluding hydrogens is 280 g/mol. The second kappa shape index (κ2) is 8.07. The molecule has 106 valence electrons. The Bertz CT molecular complexity index is 528. The van der Waals surface area contributed by atoms with E-state index < -0.39 is 12.0 Å². The van der Waals surface area contributed by atoms with Crippen molar-refractivity contribution in [3.8, 4) is 11.8 Å². The van der Waals surface area contributed by atoms with E-state index in [2.05, 4.69) is 5.32 Å². The number of amides is 1. The summed E-state index contributed by atoms with van der Waals surface area (Å²) in [4.78, 5) is 21.1. The van der Waals surface area contributed by atoms with E-state index in [-0.39, 0.29) is 5.75 Å². The lowest BCUT2D eigenvalue weighted by atomic mass is 10.1. The van der Waals surface area contributed by atoms with E-state index in [0.717, 1.165) is 5.56 Å². The number of carbonyl (C=O) groups excluding carboxylic acids is 1. The molecule has 1 amide bonds. The van der Waals surface area contributed by atoms with Gasteiger partial charge in [-0.3, -0.25) is 4.79 Å². The molecule has 0 aliphatic carbocycles. The molecule has 0 aliphatic rings. The van der Waals surface area contributed by atoms with E-state index in [4.69, 9.17) is 15.1 Å². The van der Waals surface area contributed by atoms with Crippen molar-refractivity contribution in [3.63, 3.8) is 0 Å². The monoisotopic (exact) mass is 294 g/mol. The van der Waals surface area contributed by atoms with Crippen molar-refractivity contribution in [3.05, 3.63) is 29.3 Å². The fraction of sp³-hybridized carbons (Fsp3) is 0.308. The van der Waals surface area contributed by atoms with Gasteiger partial charge in [0.25, 0.3) is 0 Å². The van der Waals surface area contributed by atoms with E-state index in [9.17, 15) is 9.59 Å². The highest BCUT2D eigenvalue weighted by atomic mass is 32.2. The Balaban J connectivity index is 2.60.